The van der Waals surface area contributed by atoms with Crippen molar-refractivity contribution in [1.82, 2.24) is 14.6 Å². The number of hydrogen-bond donors (Lipinski definition) is 0. The monoisotopic (exact) mass is 361 g/mol. The quantitative estimate of drug-likeness (QED) is 0.638. The van der Waals surface area contributed by atoms with E-state index in [1.165, 1.54) is 6.33 Å². The molecule has 4 nitrogen and oxygen atoms in total. The molecule has 0 spiro atoms. The van der Waals surface area contributed by atoms with E-state index in [1.807, 2.05) is 30.3 Å². The first kappa shape index (κ1) is 13.9. The summed E-state index contributed by atoms with van der Waals surface area (Å²) < 4.78 is 8.08. The van der Waals surface area contributed by atoms with Gasteiger partial charge in [0.1, 0.15) is 22.7 Å². The van der Waals surface area contributed by atoms with E-state index in [9.17, 15) is 0 Å². The normalized spacial score (nSPS) is 10.2. The molecule has 0 N–H and O–H groups in total. The molecule has 6 heteroatoms. The van der Waals surface area contributed by atoms with Crippen LogP contribution in [0.25, 0.3) is 5.52 Å². The Hall–Kier alpha value is -2.03. The highest BCUT2D eigenvalue weighted by Crippen LogP contribution is 2.36. The Kier molecular flexibility index (Phi) is 3.82. The molecule has 3 aromatic rings. The molecule has 104 valence electrons. The van der Waals surface area contributed by atoms with Crippen molar-refractivity contribution < 1.29 is 4.74 Å². The van der Waals surface area contributed by atoms with Gasteiger partial charge < -0.3 is 4.74 Å². The van der Waals surface area contributed by atoms with E-state index in [4.69, 9.17) is 16.3 Å². The molecule has 0 unspecified atom stereocenters. The topological polar surface area (TPSA) is 39.4 Å². The molecule has 0 aliphatic carbocycles. The molecule has 0 saturated carbocycles. The summed E-state index contributed by atoms with van der Waals surface area (Å²) >= 11 is 9.80. The summed E-state index contributed by atoms with van der Waals surface area (Å²) in [5.41, 5.74) is 1.31. The minimum absolute atomic E-state index is 0.411. The fourth-order valence-corrected chi connectivity index (χ4v) is 2.90. The largest absolute Gasteiger partial charge is 0.437 e. The molecule has 0 amide bonds. The fraction of sp³-hybridized carbons (Fsp3) is 0.0667. The molecule has 0 fully saturated rings. The minimum atomic E-state index is 0.411. The standard InChI is InChI=1S/C15H9BrClN3O/c1-2-6-11-12(16)13-15(18-9-19-20(13)14(11)17)21-10-7-4-3-5-8-10/h3-5,7-9H,1H3. The first-order valence-corrected chi connectivity index (χ1v) is 7.26. The van der Waals surface area contributed by atoms with E-state index < -0.39 is 0 Å². The Morgan fingerprint density at radius 1 is 1.29 bits per heavy atom. The molecule has 0 aliphatic heterocycles. The molecule has 21 heavy (non-hydrogen) atoms. The highest BCUT2D eigenvalue weighted by Gasteiger charge is 2.19. The number of aromatic nitrogens is 3. The number of halogens is 2. The van der Waals surface area contributed by atoms with Crippen molar-refractivity contribution in [2.45, 2.75) is 6.92 Å². The van der Waals surface area contributed by atoms with Crippen LogP contribution < -0.4 is 4.74 Å². The predicted octanol–water partition coefficient (Wildman–Crippen LogP) is 4.31. The van der Waals surface area contributed by atoms with Gasteiger partial charge >= 0.3 is 0 Å². The van der Waals surface area contributed by atoms with E-state index in [1.54, 1.807) is 11.4 Å². The maximum absolute atomic E-state index is 6.30. The average molecular weight is 363 g/mol. The molecule has 0 aliphatic rings. The van der Waals surface area contributed by atoms with Gasteiger partial charge in [0.2, 0.25) is 5.88 Å². The number of hydrogen-bond acceptors (Lipinski definition) is 3. The van der Waals surface area contributed by atoms with E-state index in [0.29, 0.717) is 32.3 Å². The summed E-state index contributed by atoms with van der Waals surface area (Å²) in [4.78, 5) is 4.19. The van der Waals surface area contributed by atoms with Crippen LogP contribution in [0.15, 0.2) is 41.1 Å². The second-order valence-electron chi connectivity index (χ2n) is 4.10. The van der Waals surface area contributed by atoms with Gasteiger partial charge in [-0.3, -0.25) is 0 Å². The maximum Gasteiger partial charge on any atom is 0.248 e. The third-order valence-electron chi connectivity index (χ3n) is 2.78. The molecular weight excluding hydrogens is 354 g/mol. The first-order chi connectivity index (χ1) is 10.2. The van der Waals surface area contributed by atoms with Gasteiger partial charge in [-0.2, -0.15) is 10.1 Å². The average Bonchev–Trinajstić information content (AvgIpc) is 2.75. The number of fused-ring (bicyclic) bond motifs is 1. The van der Waals surface area contributed by atoms with Gasteiger partial charge in [0, 0.05) is 0 Å². The van der Waals surface area contributed by atoms with Crippen LogP contribution in [0.2, 0.25) is 5.15 Å². The van der Waals surface area contributed by atoms with Crippen LogP contribution in [0.3, 0.4) is 0 Å². The number of benzene rings is 1. The summed E-state index contributed by atoms with van der Waals surface area (Å²) in [7, 11) is 0. The predicted molar refractivity (Wildman–Crippen MR) is 84.8 cm³/mol. The second kappa shape index (κ2) is 5.76. The van der Waals surface area contributed by atoms with Gasteiger partial charge in [0.25, 0.3) is 0 Å². The molecule has 0 bridgehead atoms. The summed E-state index contributed by atoms with van der Waals surface area (Å²) in [6, 6.07) is 9.40. The van der Waals surface area contributed by atoms with Crippen molar-refractivity contribution in [3.8, 4) is 23.5 Å². The lowest BCUT2D eigenvalue weighted by atomic mass is 10.3. The van der Waals surface area contributed by atoms with E-state index >= 15 is 0 Å². The summed E-state index contributed by atoms with van der Waals surface area (Å²) in [6.07, 6.45) is 1.40. The van der Waals surface area contributed by atoms with Crippen LogP contribution in [0.4, 0.5) is 0 Å². The lowest BCUT2D eigenvalue weighted by Gasteiger charge is -2.06. The Balaban J connectivity index is 2.20. The summed E-state index contributed by atoms with van der Waals surface area (Å²) in [6.45, 7) is 1.75. The lowest BCUT2D eigenvalue weighted by molar-refractivity contribution is 0.463. The molecule has 1 aromatic carbocycles. The minimum Gasteiger partial charge on any atom is -0.437 e. The Bertz CT molecular complexity index is 865. The van der Waals surface area contributed by atoms with Gasteiger partial charge in [-0.05, 0) is 35.0 Å². The van der Waals surface area contributed by atoms with E-state index in [0.717, 1.165) is 0 Å². The van der Waals surface area contributed by atoms with Gasteiger partial charge in [0.15, 0.2) is 0 Å². The summed E-state index contributed by atoms with van der Waals surface area (Å²) in [5.74, 6) is 6.88. The first-order valence-electron chi connectivity index (χ1n) is 6.08. The fourth-order valence-electron chi connectivity index (χ4n) is 1.90. The Labute approximate surface area is 134 Å². The SMILES string of the molecule is CC#Cc1c(Br)c2c(Oc3ccccc3)ncnn2c1Cl. The number of rotatable bonds is 2. The molecule has 0 atom stereocenters. The van der Waals surface area contributed by atoms with Crippen LogP contribution in [-0.4, -0.2) is 14.6 Å². The van der Waals surface area contributed by atoms with Crippen LogP contribution in [0.5, 0.6) is 11.6 Å². The third kappa shape index (κ3) is 2.48. The molecule has 2 aromatic heterocycles. The molecule has 2 heterocycles. The molecule has 0 radical (unpaired) electrons. The lowest BCUT2D eigenvalue weighted by Crippen LogP contribution is -1.97. The van der Waals surface area contributed by atoms with Gasteiger partial charge in [0.05, 0.1) is 10.0 Å². The number of ether oxygens (including phenoxy) is 1. The smallest absolute Gasteiger partial charge is 0.248 e. The van der Waals surface area contributed by atoms with Crippen molar-refractivity contribution >= 4 is 33.0 Å². The van der Waals surface area contributed by atoms with Crippen LogP contribution in [-0.2, 0) is 0 Å². The zero-order valence-corrected chi connectivity index (χ0v) is 13.3. The van der Waals surface area contributed by atoms with E-state index in [2.05, 4.69) is 37.9 Å². The summed E-state index contributed by atoms with van der Waals surface area (Å²) in [5, 5.41) is 4.57. The molecule has 0 saturated heterocycles. The van der Waals surface area contributed by atoms with Gasteiger partial charge in [-0.15, -0.1) is 5.92 Å². The van der Waals surface area contributed by atoms with Crippen molar-refractivity contribution in [3.05, 3.63) is 51.8 Å². The second-order valence-corrected chi connectivity index (χ2v) is 5.25. The highest BCUT2D eigenvalue weighted by molar-refractivity contribution is 9.10. The zero-order chi connectivity index (χ0) is 14.8. The van der Waals surface area contributed by atoms with Crippen LogP contribution >= 0.6 is 27.5 Å². The van der Waals surface area contributed by atoms with Gasteiger partial charge in [-0.1, -0.05) is 35.7 Å². The molecular formula is C15H9BrClN3O. The van der Waals surface area contributed by atoms with Crippen LogP contribution in [0, 0.1) is 11.8 Å². The third-order valence-corrected chi connectivity index (χ3v) is 3.91. The number of para-hydroxylation sites is 1. The van der Waals surface area contributed by atoms with Gasteiger partial charge in [-0.25, -0.2) is 4.52 Å². The van der Waals surface area contributed by atoms with Crippen molar-refractivity contribution in [1.29, 1.82) is 0 Å². The van der Waals surface area contributed by atoms with Crippen molar-refractivity contribution in [2.75, 3.05) is 0 Å². The van der Waals surface area contributed by atoms with Crippen molar-refractivity contribution in [3.63, 3.8) is 0 Å². The Morgan fingerprint density at radius 3 is 2.76 bits per heavy atom. The van der Waals surface area contributed by atoms with Crippen molar-refractivity contribution in [2.24, 2.45) is 0 Å². The zero-order valence-electron chi connectivity index (χ0n) is 11.0. The number of nitrogens with zero attached hydrogens (tertiary/aromatic N) is 3. The van der Waals surface area contributed by atoms with E-state index in [-0.39, 0.29) is 0 Å². The highest BCUT2D eigenvalue weighted by atomic mass is 79.9. The maximum atomic E-state index is 6.30. The molecule has 3 rings (SSSR count). The van der Waals surface area contributed by atoms with Crippen LogP contribution in [0.1, 0.15) is 12.5 Å². The Morgan fingerprint density at radius 2 is 2.05 bits per heavy atom.